The van der Waals surface area contributed by atoms with Gasteiger partial charge in [-0.2, -0.15) is 0 Å². The molecule has 114 valence electrons. The van der Waals surface area contributed by atoms with Gasteiger partial charge >= 0.3 is 17.9 Å². The predicted molar refractivity (Wildman–Crippen MR) is 70.8 cm³/mol. The lowest BCUT2D eigenvalue weighted by molar-refractivity contribution is -0.169. The van der Waals surface area contributed by atoms with Crippen molar-refractivity contribution >= 4 is 17.9 Å². The first-order chi connectivity index (χ1) is 9.33. The van der Waals surface area contributed by atoms with E-state index in [1.807, 2.05) is 6.92 Å². The molecule has 0 aromatic rings. The molecule has 0 saturated carbocycles. The minimum absolute atomic E-state index is 0.235. The van der Waals surface area contributed by atoms with E-state index in [4.69, 9.17) is 15.6 Å². The summed E-state index contributed by atoms with van der Waals surface area (Å²) in [5, 5.41) is 8.95. The summed E-state index contributed by atoms with van der Waals surface area (Å²) in [6, 6.07) is -0.882. The lowest BCUT2D eigenvalue weighted by Crippen LogP contribution is -2.54. The van der Waals surface area contributed by atoms with Gasteiger partial charge in [0.25, 0.3) is 0 Å². The molecule has 20 heavy (non-hydrogen) atoms. The van der Waals surface area contributed by atoms with Gasteiger partial charge in [-0.25, -0.2) is 9.59 Å². The highest BCUT2D eigenvalue weighted by molar-refractivity contribution is 5.93. The first kappa shape index (κ1) is 16.6. The highest BCUT2D eigenvalue weighted by Crippen LogP contribution is 2.34. The van der Waals surface area contributed by atoms with Crippen LogP contribution in [-0.4, -0.2) is 52.6 Å². The molecule has 7 nitrogen and oxygen atoms in total. The van der Waals surface area contributed by atoms with Gasteiger partial charge in [0.1, 0.15) is 11.6 Å². The number of carboxylic acid groups (broad SMARTS) is 1. The molecule has 3 N–H and O–H groups in total. The quantitative estimate of drug-likeness (QED) is 0.527. The number of hydrogen-bond donors (Lipinski definition) is 2. The third-order valence-corrected chi connectivity index (χ3v) is 3.56. The van der Waals surface area contributed by atoms with E-state index in [9.17, 15) is 14.4 Å². The SMILES string of the molecule is CCC[C@@]1(C(=O)OC(=O)[C@H](C)N)CCCN1CC(=O)O. The van der Waals surface area contributed by atoms with Crippen LogP contribution in [0.15, 0.2) is 0 Å². The molecular formula is C13H22N2O5. The van der Waals surface area contributed by atoms with Crippen molar-refractivity contribution in [3.63, 3.8) is 0 Å². The van der Waals surface area contributed by atoms with Crippen molar-refractivity contribution in [2.24, 2.45) is 5.73 Å². The molecule has 0 aliphatic carbocycles. The first-order valence-electron chi connectivity index (χ1n) is 6.82. The Hall–Kier alpha value is -1.47. The summed E-state index contributed by atoms with van der Waals surface area (Å²) in [5.74, 6) is -2.47. The molecule has 1 aliphatic heterocycles. The number of esters is 2. The number of rotatable bonds is 6. The Balaban J connectivity index is 2.92. The molecule has 0 bridgehead atoms. The molecule has 1 heterocycles. The Morgan fingerprint density at radius 1 is 1.45 bits per heavy atom. The molecule has 1 fully saturated rings. The van der Waals surface area contributed by atoms with Crippen molar-refractivity contribution in [1.82, 2.24) is 4.90 Å². The van der Waals surface area contributed by atoms with Gasteiger partial charge in [-0.05, 0) is 32.7 Å². The largest absolute Gasteiger partial charge is 0.480 e. The lowest BCUT2D eigenvalue weighted by Gasteiger charge is -2.34. The van der Waals surface area contributed by atoms with Crippen LogP contribution >= 0.6 is 0 Å². The van der Waals surface area contributed by atoms with Gasteiger partial charge in [-0.15, -0.1) is 0 Å². The second-order valence-electron chi connectivity index (χ2n) is 5.20. The van der Waals surface area contributed by atoms with Crippen LogP contribution in [0.2, 0.25) is 0 Å². The average molecular weight is 286 g/mol. The standard InChI is InChI=1S/C13H22N2O5/c1-3-5-13(12(19)20-11(18)9(2)14)6-4-7-15(13)8-10(16)17/h9H,3-8,14H2,1-2H3,(H,16,17)/t9-,13-/m0/s1. The van der Waals surface area contributed by atoms with Crippen LogP contribution in [0.4, 0.5) is 0 Å². The van der Waals surface area contributed by atoms with Crippen molar-refractivity contribution in [2.45, 2.75) is 51.1 Å². The number of nitrogens with two attached hydrogens (primary N) is 1. The number of carboxylic acids is 1. The summed E-state index contributed by atoms with van der Waals surface area (Å²) in [7, 11) is 0. The Labute approximate surface area is 118 Å². The molecule has 1 aliphatic rings. The Bertz CT molecular complexity index is 396. The predicted octanol–water partition coefficient (Wildman–Crippen LogP) is 0.123. The maximum atomic E-state index is 12.3. The molecule has 0 aromatic carbocycles. The lowest BCUT2D eigenvalue weighted by atomic mass is 9.90. The zero-order chi connectivity index (χ0) is 15.3. The normalized spacial score (nSPS) is 24.4. The van der Waals surface area contributed by atoms with Gasteiger partial charge < -0.3 is 15.6 Å². The fourth-order valence-electron chi connectivity index (χ4n) is 2.64. The van der Waals surface area contributed by atoms with E-state index in [1.54, 1.807) is 4.90 Å². The van der Waals surface area contributed by atoms with Crippen LogP contribution in [0.5, 0.6) is 0 Å². The van der Waals surface area contributed by atoms with E-state index < -0.39 is 29.5 Å². The maximum Gasteiger partial charge on any atom is 0.334 e. The average Bonchev–Trinajstić information content (AvgIpc) is 2.73. The number of carbonyl (C=O) groups excluding carboxylic acids is 2. The van der Waals surface area contributed by atoms with Crippen LogP contribution in [0.1, 0.15) is 39.5 Å². The third-order valence-electron chi connectivity index (χ3n) is 3.56. The Morgan fingerprint density at radius 2 is 2.10 bits per heavy atom. The molecule has 0 aromatic heterocycles. The highest BCUT2D eigenvalue weighted by atomic mass is 16.6. The molecule has 0 unspecified atom stereocenters. The van der Waals surface area contributed by atoms with Crippen LogP contribution in [0.3, 0.4) is 0 Å². The molecule has 0 amide bonds. The molecule has 0 spiro atoms. The Morgan fingerprint density at radius 3 is 2.60 bits per heavy atom. The van der Waals surface area contributed by atoms with Gasteiger partial charge in [-0.3, -0.25) is 9.69 Å². The molecule has 1 rings (SSSR count). The van der Waals surface area contributed by atoms with Crippen molar-refractivity contribution < 1.29 is 24.2 Å². The molecule has 0 radical (unpaired) electrons. The number of ether oxygens (including phenoxy) is 1. The summed E-state index contributed by atoms with van der Waals surface area (Å²) < 4.78 is 4.83. The molecule has 1 saturated heterocycles. The summed E-state index contributed by atoms with van der Waals surface area (Å²) in [6.07, 6.45) is 2.36. The van der Waals surface area contributed by atoms with E-state index in [0.717, 1.165) is 0 Å². The van der Waals surface area contributed by atoms with Gasteiger partial charge in [0.15, 0.2) is 0 Å². The minimum Gasteiger partial charge on any atom is -0.480 e. The van der Waals surface area contributed by atoms with Crippen molar-refractivity contribution in [2.75, 3.05) is 13.1 Å². The fourth-order valence-corrected chi connectivity index (χ4v) is 2.64. The van der Waals surface area contributed by atoms with E-state index in [1.165, 1.54) is 6.92 Å². The summed E-state index contributed by atoms with van der Waals surface area (Å²) in [6.45, 7) is 3.61. The molecule has 7 heteroatoms. The van der Waals surface area contributed by atoms with Crippen molar-refractivity contribution in [3.05, 3.63) is 0 Å². The van der Waals surface area contributed by atoms with Crippen LogP contribution in [-0.2, 0) is 19.1 Å². The molecule has 2 atom stereocenters. The zero-order valence-electron chi connectivity index (χ0n) is 11.9. The van der Waals surface area contributed by atoms with Crippen LogP contribution < -0.4 is 5.73 Å². The van der Waals surface area contributed by atoms with Crippen molar-refractivity contribution in [1.29, 1.82) is 0 Å². The topological polar surface area (TPSA) is 110 Å². The van der Waals surface area contributed by atoms with E-state index in [2.05, 4.69) is 0 Å². The fraction of sp³-hybridized carbons (Fsp3) is 0.769. The summed E-state index contributed by atoms with van der Waals surface area (Å²) >= 11 is 0. The smallest absolute Gasteiger partial charge is 0.334 e. The highest BCUT2D eigenvalue weighted by Gasteiger charge is 2.49. The number of hydrogen-bond acceptors (Lipinski definition) is 6. The zero-order valence-corrected chi connectivity index (χ0v) is 11.9. The van der Waals surface area contributed by atoms with Crippen LogP contribution in [0.25, 0.3) is 0 Å². The van der Waals surface area contributed by atoms with E-state index >= 15 is 0 Å². The number of aliphatic carboxylic acids is 1. The summed E-state index contributed by atoms with van der Waals surface area (Å²) in [4.78, 5) is 36.3. The summed E-state index contributed by atoms with van der Waals surface area (Å²) in [5.41, 5.74) is 4.36. The van der Waals surface area contributed by atoms with E-state index in [0.29, 0.717) is 32.2 Å². The van der Waals surface area contributed by atoms with Crippen LogP contribution in [0, 0.1) is 0 Å². The molecular weight excluding hydrogens is 264 g/mol. The second kappa shape index (κ2) is 6.81. The first-order valence-corrected chi connectivity index (χ1v) is 6.82. The van der Waals surface area contributed by atoms with Gasteiger partial charge in [0.05, 0.1) is 6.54 Å². The monoisotopic (exact) mass is 286 g/mol. The maximum absolute atomic E-state index is 12.3. The van der Waals surface area contributed by atoms with Crippen molar-refractivity contribution in [3.8, 4) is 0 Å². The second-order valence-corrected chi connectivity index (χ2v) is 5.20. The van der Waals surface area contributed by atoms with Gasteiger partial charge in [0.2, 0.25) is 0 Å². The third kappa shape index (κ3) is 3.55. The number of likely N-dealkylation sites (tertiary alicyclic amines) is 1. The Kier molecular flexibility index (Phi) is 5.64. The van der Waals surface area contributed by atoms with Gasteiger partial charge in [-0.1, -0.05) is 13.3 Å². The van der Waals surface area contributed by atoms with Gasteiger partial charge in [0, 0.05) is 0 Å². The van der Waals surface area contributed by atoms with E-state index in [-0.39, 0.29) is 6.54 Å². The number of carbonyl (C=O) groups is 3. The number of nitrogens with zero attached hydrogens (tertiary/aromatic N) is 1. The minimum atomic E-state index is -1.02.